The summed E-state index contributed by atoms with van der Waals surface area (Å²) in [5, 5.41) is 3.36. The number of carbonyl (C=O) groups excluding carboxylic acids is 2. The summed E-state index contributed by atoms with van der Waals surface area (Å²) in [5.74, 6) is 0.253. The third-order valence-corrected chi connectivity index (χ3v) is 5.36. The zero-order valence-corrected chi connectivity index (χ0v) is 17.3. The van der Waals surface area contributed by atoms with Crippen molar-refractivity contribution < 1.29 is 14.3 Å². The molecule has 0 aromatic heterocycles. The Labute approximate surface area is 180 Å². The number of anilines is 2. The molecular weight excluding hydrogens is 400 g/mol. The van der Waals surface area contributed by atoms with Crippen molar-refractivity contribution in [1.82, 2.24) is 0 Å². The van der Waals surface area contributed by atoms with Gasteiger partial charge in [-0.3, -0.25) is 9.59 Å². The van der Waals surface area contributed by atoms with E-state index in [2.05, 4.69) is 5.32 Å². The molecule has 0 spiro atoms. The maximum Gasteiger partial charge on any atom is 0.259 e. The first kappa shape index (κ1) is 20.0. The molecule has 0 radical (unpaired) electrons. The minimum atomic E-state index is -0.303. The molecule has 1 aliphatic heterocycles. The topological polar surface area (TPSA) is 58.6 Å². The van der Waals surface area contributed by atoms with Gasteiger partial charge < -0.3 is 15.0 Å². The molecule has 5 nitrogen and oxygen atoms in total. The number of nitrogens with one attached hydrogen (secondary N) is 1. The highest BCUT2D eigenvalue weighted by Crippen LogP contribution is 2.32. The van der Waals surface area contributed by atoms with Gasteiger partial charge in [0.15, 0.2) is 0 Å². The molecule has 6 heteroatoms. The van der Waals surface area contributed by atoms with Gasteiger partial charge in [0, 0.05) is 22.8 Å². The molecule has 0 fully saturated rings. The fourth-order valence-corrected chi connectivity index (χ4v) is 3.81. The molecular formula is C24H21ClN2O3. The third-order valence-electron chi connectivity index (χ3n) is 5.13. The Kier molecular flexibility index (Phi) is 5.72. The predicted molar refractivity (Wildman–Crippen MR) is 118 cm³/mol. The number of halogens is 1. The summed E-state index contributed by atoms with van der Waals surface area (Å²) in [4.78, 5) is 27.1. The molecule has 0 aliphatic carbocycles. The first-order chi connectivity index (χ1) is 14.5. The number of amides is 2. The number of rotatable bonds is 5. The Morgan fingerprint density at radius 1 is 1.07 bits per heavy atom. The number of hydrogen-bond donors (Lipinski definition) is 1. The molecule has 30 heavy (non-hydrogen) atoms. The molecule has 3 aromatic carbocycles. The summed E-state index contributed by atoms with van der Waals surface area (Å²) in [6.45, 7) is 0.526. The number of benzene rings is 3. The smallest absolute Gasteiger partial charge is 0.259 e. The Morgan fingerprint density at radius 3 is 2.63 bits per heavy atom. The van der Waals surface area contributed by atoms with Crippen LogP contribution in [0.25, 0.3) is 0 Å². The zero-order valence-electron chi connectivity index (χ0n) is 16.5. The van der Waals surface area contributed by atoms with Crippen LogP contribution >= 0.6 is 11.6 Å². The first-order valence-corrected chi connectivity index (χ1v) is 10.0. The number of hydrogen-bond acceptors (Lipinski definition) is 3. The van der Waals surface area contributed by atoms with Crippen molar-refractivity contribution in [3.05, 3.63) is 88.4 Å². The second-order valence-corrected chi connectivity index (χ2v) is 7.54. The van der Waals surface area contributed by atoms with Crippen LogP contribution < -0.4 is 15.0 Å². The Balaban J connectivity index is 1.57. The third kappa shape index (κ3) is 4.16. The van der Waals surface area contributed by atoms with Gasteiger partial charge in [-0.2, -0.15) is 0 Å². The lowest BCUT2D eigenvalue weighted by molar-refractivity contribution is -0.119. The lowest BCUT2D eigenvalue weighted by Crippen LogP contribution is -2.34. The number of carbonyl (C=O) groups is 2. The van der Waals surface area contributed by atoms with Crippen LogP contribution in [0.3, 0.4) is 0 Å². The standard InChI is InChI=1S/C24H21ClN2O3/c1-30-22-11-8-18(25)14-20(22)24(29)26-19-9-10-21-17(13-19)7-12-23(28)27(21)15-16-5-3-2-4-6-16/h2-6,8-11,13-14H,7,12,15H2,1H3,(H,26,29). The maximum absolute atomic E-state index is 12.8. The van der Waals surface area contributed by atoms with Crippen LogP contribution in [0.15, 0.2) is 66.7 Å². The zero-order chi connectivity index (χ0) is 21.1. The number of methoxy groups -OCH3 is 1. The highest BCUT2D eigenvalue weighted by Gasteiger charge is 2.25. The molecule has 0 saturated carbocycles. The average molecular weight is 421 g/mol. The molecule has 1 N–H and O–H groups in total. The molecule has 152 valence electrons. The van der Waals surface area contributed by atoms with E-state index < -0.39 is 0 Å². The van der Waals surface area contributed by atoms with E-state index in [1.165, 1.54) is 7.11 Å². The van der Waals surface area contributed by atoms with Gasteiger partial charge in [-0.25, -0.2) is 0 Å². The van der Waals surface area contributed by atoms with E-state index >= 15 is 0 Å². The predicted octanol–water partition coefficient (Wildman–Crippen LogP) is 5.08. The maximum atomic E-state index is 12.8. The Bertz CT molecular complexity index is 1100. The van der Waals surface area contributed by atoms with Crippen LogP contribution in [-0.4, -0.2) is 18.9 Å². The normalized spacial score (nSPS) is 13.0. The fraction of sp³-hybridized carbons (Fsp3) is 0.167. The number of fused-ring (bicyclic) bond motifs is 1. The summed E-state index contributed by atoms with van der Waals surface area (Å²) < 4.78 is 5.27. The summed E-state index contributed by atoms with van der Waals surface area (Å²) in [7, 11) is 1.51. The van der Waals surface area contributed by atoms with E-state index in [-0.39, 0.29) is 11.8 Å². The van der Waals surface area contributed by atoms with E-state index in [0.29, 0.717) is 41.4 Å². The van der Waals surface area contributed by atoms with Crippen LogP contribution in [-0.2, 0) is 17.8 Å². The highest BCUT2D eigenvalue weighted by atomic mass is 35.5. The number of nitrogens with zero attached hydrogens (tertiary/aromatic N) is 1. The van der Waals surface area contributed by atoms with Crippen molar-refractivity contribution in [2.45, 2.75) is 19.4 Å². The molecule has 1 aliphatic rings. The highest BCUT2D eigenvalue weighted by molar-refractivity contribution is 6.31. The van der Waals surface area contributed by atoms with Crippen molar-refractivity contribution in [3.63, 3.8) is 0 Å². The van der Waals surface area contributed by atoms with E-state index in [9.17, 15) is 9.59 Å². The summed E-state index contributed by atoms with van der Waals surface area (Å²) in [6, 6.07) is 20.4. The van der Waals surface area contributed by atoms with Crippen molar-refractivity contribution in [2.24, 2.45) is 0 Å². The molecule has 0 saturated heterocycles. The minimum absolute atomic E-state index is 0.104. The van der Waals surface area contributed by atoms with E-state index in [4.69, 9.17) is 16.3 Å². The molecule has 3 aromatic rings. The van der Waals surface area contributed by atoms with Gasteiger partial charge >= 0.3 is 0 Å². The van der Waals surface area contributed by atoms with Crippen molar-refractivity contribution >= 4 is 34.8 Å². The molecule has 1 heterocycles. The quantitative estimate of drug-likeness (QED) is 0.626. The van der Waals surface area contributed by atoms with Crippen LogP contribution in [0, 0.1) is 0 Å². The van der Waals surface area contributed by atoms with Crippen molar-refractivity contribution in [3.8, 4) is 5.75 Å². The van der Waals surface area contributed by atoms with Crippen LogP contribution in [0.4, 0.5) is 11.4 Å². The van der Waals surface area contributed by atoms with Crippen LogP contribution in [0.5, 0.6) is 5.75 Å². The van der Waals surface area contributed by atoms with Gasteiger partial charge in [0.2, 0.25) is 5.91 Å². The lowest BCUT2D eigenvalue weighted by atomic mass is 9.99. The summed E-state index contributed by atoms with van der Waals surface area (Å²) >= 11 is 6.04. The summed E-state index contributed by atoms with van der Waals surface area (Å²) in [6.07, 6.45) is 1.09. The second-order valence-electron chi connectivity index (χ2n) is 7.11. The SMILES string of the molecule is COc1ccc(Cl)cc1C(=O)Nc1ccc2c(c1)CCC(=O)N2Cc1ccccc1. The number of ether oxygens (including phenoxy) is 1. The van der Waals surface area contributed by atoms with Crippen LogP contribution in [0.1, 0.15) is 27.9 Å². The van der Waals surface area contributed by atoms with Gasteiger partial charge in [-0.05, 0) is 53.9 Å². The van der Waals surface area contributed by atoms with Crippen molar-refractivity contribution in [2.75, 3.05) is 17.3 Å². The fourth-order valence-electron chi connectivity index (χ4n) is 3.63. The molecule has 0 unspecified atom stereocenters. The minimum Gasteiger partial charge on any atom is -0.496 e. The van der Waals surface area contributed by atoms with Crippen molar-refractivity contribution in [1.29, 1.82) is 0 Å². The van der Waals surface area contributed by atoms with E-state index in [1.54, 1.807) is 23.1 Å². The van der Waals surface area contributed by atoms with Gasteiger partial charge in [0.25, 0.3) is 5.91 Å². The Hall–Kier alpha value is -3.31. The lowest BCUT2D eigenvalue weighted by Gasteiger charge is -2.30. The summed E-state index contributed by atoms with van der Waals surface area (Å²) in [5.41, 5.74) is 4.01. The van der Waals surface area contributed by atoms with E-state index in [1.807, 2.05) is 48.5 Å². The van der Waals surface area contributed by atoms with Gasteiger partial charge in [-0.15, -0.1) is 0 Å². The monoisotopic (exact) mass is 420 g/mol. The van der Waals surface area contributed by atoms with Gasteiger partial charge in [0.05, 0.1) is 19.2 Å². The molecule has 4 rings (SSSR count). The molecule has 0 atom stereocenters. The Morgan fingerprint density at radius 2 is 1.87 bits per heavy atom. The second kappa shape index (κ2) is 8.59. The van der Waals surface area contributed by atoms with E-state index in [0.717, 1.165) is 16.8 Å². The largest absolute Gasteiger partial charge is 0.496 e. The molecule has 2 amide bonds. The van der Waals surface area contributed by atoms with Gasteiger partial charge in [0.1, 0.15) is 5.75 Å². The van der Waals surface area contributed by atoms with Crippen LogP contribution in [0.2, 0.25) is 5.02 Å². The average Bonchev–Trinajstić information content (AvgIpc) is 2.76. The number of aryl methyl sites for hydroxylation is 1. The first-order valence-electron chi connectivity index (χ1n) is 9.67. The molecule has 0 bridgehead atoms. The van der Waals surface area contributed by atoms with Gasteiger partial charge in [-0.1, -0.05) is 41.9 Å².